The molecule has 4 heteroatoms. The first-order valence-electron chi connectivity index (χ1n) is 6.37. The molecule has 2 rings (SSSR count). The minimum absolute atomic E-state index is 0.124. The number of nitrogen functional groups attached to an aromatic ring is 1. The highest BCUT2D eigenvalue weighted by atomic mass is 79.9. The summed E-state index contributed by atoms with van der Waals surface area (Å²) in [4.78, 5) is 1.26. The molecule has 2 atom stereocenters. The molecule has 3 N–H and O–H groups in total. The summed E-state index contributed by atoms with van der Waals surface area (Å²) in [6.45, 7) is 2.35. The first-order chi connectivity index (χ1) is 8.56. The van der Waals surface area contributed by atoms with Crippen molar-refractivity contribution in [1.29, 1.82) is 5.41 Å². The van der Waals surface area contributed by atoms with Crippen LogP contribution in [-0.4, -0.2) is 11.1 Å². The smallest absolute Gasteiger partial charge is 0.122 e. The molecule has 0 spiro atoms. The molecule has 0 saturated heterocycles. The van der Waals surface area contributed by atoms with Gasteiger partial charge in [0.25, 0.3) is 0 Å². The van der Waals surface area contributed by atoms with Crippen LogP contribution >= 0.6 is 27.7 Å². The molecule has 2 unspecified atom stereocenters. The highest BCUT2D eigenvalue weighted by Crippen LogP contribution is 2.39. The molecule has 1 aromatic carbocycles. The van der Waals surface area contributed by atoms with Crippen molar-refractivity contribution in [2.45, 2.75) is 42.8 Å². The van der Waals surface area contributed by atoms with Crippen molar-refractivity contribution < 1.29 is 0 Å². The number of nitrogens with one attached hydrogen (secondary N) is 1. The standard InChI is InChI=1S/C14H19BrN2S/c1-9-3-2-4-11(7-9)18-13-6-5-10(14(16)17)8-12(13)15/h5-6,8-9,11H,2-4,7H2,1H3,(H3,16,17). The zero-order valence-corrected chi connectivity index (χ0v) is 13.0. The van der Waals surface area contributed by atoms with Crippen molar-refractivity contribution in [3.63, 3.8) is 0 Å². The molecular formula is C14H19BrN2S. The second kappa shape index (κ2) is 6.11. The Balaban J connectivity index is 2.07. The summed E-state index contributed by atoms with van der Waals surface area (Å²) < 4.78 is 1.05. The van der Waals surface area contributed by atoms with E-state index in [9.17, 15) is 0 Å². The van der Waals surface area contributed by atoms with E-state index in [1.165, 1.54) is 30.6 Å². The SMILES string of the molecule is CC1CCCC(Sc2ccc(C(=N)N)cc2Br)C1. The fourth-order valence-electron chi connectivity index (χ4n) is 2.43. The van der Waals surface area contributed by atoms with Crippen molar-refractivity contribution in [2.75, 3.05) is 0 Å². The Morgan fingerprint density at radius 1 is 1.44 bits per heavy atom. The van der Waals surface area contributed by atoms with E-state index in [2.05, 4.69) is 28.9 Å². The van der Waals surface area contributed by atoms with Crippen LogP contribution in [0.5, 0.6) is 0 Å². The van der Waals surface area contributed by atoms with Crippen LogP contribution in [0.15, 0.2) is 27.6 Å². The summed E-state index contributed by atoms with van der Waals surface area (Å²) in [6, 6.07) is 5.95. The van der Waals surface area contributed by atoms with Gasteiger partial charge in [0.15, 0.2) is 0 Å². The van der Waals surface area contributed by atoms with E-state index < -0.39 is 0 Å². The predicted octanol–water partition coefficient (Wildman–Crippen LogP) is 4.40. The molecule has 0 radical (unpaired) electrons. The van der Waals surface area contributed by atoms with Gasteiger partial charge in [-0.05, 0) is 46.8 Å². The number of benzene rings is 1. The molecule has 1 saturated carbocycles. The Morgan fingerprint density at radius 3 is 2.83 bits per heavy atom. The molecule has 2 nitrogen and oxygen atoms in total. The van der Waals surface area contributed by atoms with E-state index in [0.29, 0.717) is 0 Å². The molecule has 0 amide bonds. The zero-order chi connectivity index (χ0) is 13.1. The molecule has 1 aliphatic carbocycles. The molecule has 0 aromatic heterocycles. The Kier molecular flexibility index (Phi) is 4.73. The Morgan fingerprint density at radius 2 is 2.22 bits per heavy atom. The second-order valence-electron chi connectivity index (χ2n) is 5.07. The van der Waals surface area contributed by atoms with Gasteiger partial charge in [0.1, 0.15) is 5.84 Å². The van der Waals surface area contributed by atoms with Crippen LogP contribution in [-0.2, 0) is 0 Å². The molecule has 0 aliphatic heterocycles. The van der Waals surface area contributed by atoms with E-state index in [4.69, 9.17) is 11.1 Å². The number of hydrogen-bond donors (Lipinski definition) is 2. The quantitative estimate of drug-likeness (QED) is 0.638. The lowest BCUT2D eigenvalue weighted by Crippen LogP contribution is -2.15. The van der Waals surface area contributed by atoms with E-state index >= 15 is 0 Å². The third-order valence-corrected chi connectivity index (χ3v) is 5.71. The molecule has 0 bridgehead atoms. The fourth-order valence-corrected chi connectivity index (χ4v) is 4.47. The summed E-state index contributed by atoms with van der Waals surface area (Å²) in [7, 11) is 0. The molecule has 0 heterocycles. The van der Waals surface area contributed by atoms with E-state index in [0.717, 1.165) is 21.2 Å². The van der Waals surface area contributed by atoms with Crippen molar-refractivity contribution in [1.82, 2.24) is 0 Å². The number of rotatable bonds is 3. The molecule has 18 heavy (non-hydrogen) atoms. The van der Waals surface area contributed by atoms with E-state index in [1.54, 1.807) is 0 Å². The molecule has 1 fully saturated rings. The highest BCUT2D eigenvalue weighted by Gasteiger charge is 2.20. The summed E-state index contributed by atoms with van der Waals surface area (Å²) in [6.07, 6.45) is 5.35. The van der Waals surface area contributed by atoms with Crippen LogP contribution in [0, 0.1) is 11.3 Å². The number of halogens is 1. The van der Waals surface area contributed by atoms with Gasteiger partial charge in [-0.3, -0.25) is 5.41 Å². The largest absolute Gasteiger partial charge is 0.384 e. The van der Waals surface area contributed by atoms with E-state index in [-0.39, 0.29) is 5.84 Å². The summed E-state index contributed by atoms with van der Waals surface area (Å²) in [5.74, 6) is 0.977. The average Bonchev–Trinajstić information content (AvgIpc) is 2.31. The Hall–Kier alpha value is -0.480. The fraction of sp³-hybridized carbons (Fsp3) is 0.500. The minimum atomic E-state index is 0.124. The van der Waals surface area contributed by atoms with Crippen molar-refractivity contribution in [3.05, 3.63) is 28.2 Å². The van der Waals surface area contributed by atoms with Gasteiger partial charge in [0.2, 0.25) is 0 Å². The van der Waals surface area contributed by atoms with Crippen molar-refractivity contribution >= 4 is 33.5 Å². The first kappa shape index (κ1) is 13.9. The monoisotopic (exact) mass is 326 g/mol. The van der Waals surface area contributed by atoms with Gasteiger partial charge in [-0.15, -0.1) is 11.8 Å². The van der Waals surface area contributed by atoms with Crippen LogP contribution in [0.2, 0.25) is 0 Å². The number of thioether (sulfide) groups is 1. The lowest BCUT2D eigenvalue weighted by molar-refractivity contribution is 0.394. The lowest BCUT2D eigenvalue weighted by atomic mass is 9.91. The number of amidine groups is 1. The van der Waals surface area contributed by atoms with Crippen LogP contribution in [0.3, 0.4) is 0 Å². The normalized spacial score (nSPS) is 23.9. The zero-order valence-electron chi connectivity index (χ0n) is 10.6. The maximum atomic E-state index is 7.43. The minimum Gasteiger partial charge on any atom is -0.384 e. The van der Waals surface area contributed by atoms with Gasteiger partial charge < -0.3 is 5.73 Å². The molecule has 1 aliphatic rings. The molecule has 1 aromatic rings. The van der Waals surface area contributed by atoms with Gasteiger partial charge >= 0.3 is 0 Å². The number of hydrogen-bond acceptors (Lipinski definition) is 2. The number of nitrogens with two attached hydrogens (primary N) is 1. The second-order valence-corrected chi connectivity index (χ2v) is 7.27. The maximum Gasteiger partial charge on any atom is 0.122 e. The first-order valence-corrected chi connectivity index (χ1v) is 8.04. The maximum absolute atomic E-state index is 7.43. The van der Waals surface area contributed by atoms with Crippen LogP contribution in [0.4, 0.5) is 0 Å². The Bertz CT molecular complexity index is 447. The van der Waals surface area contributed by atoms with Crippen LogP contribution < -0.4 is 5.73 Å². The third kappa shape index (κ3) is 3.51. The van der Waals surface area contributed by atoms with Crippen LogP contribution in [0.1, 0.15) is 38.2 Å². The summed E-state index contributed by atoms with van der Waals surface area (Å²) in [5, 5.41) is 8.16. The van der Waals surface area contributed by atoms with Crippen molar-refractivity contribution in [2.24, 2.45) is 11.7 Å². The van der Waals surface area contributed by atoms with Gasteiger partial charge in [0, 0.05) is 20.2 Å². The summed E-state index contributed by atoms with van der Waals surface area (Å²) in [5.41, 5.74) is 6.27. The van der Waals surface area contributed by atoms with Crippen molar-refractivity contribution in [3.8, 4) is 0 Å². The topological polar surface area (TPSA) is 49.9 Å². The van der Waals surface area contributed by atoms with Gasteiger partial charge in [-0.25, -0.2) is 0 Å². The molecule has 98 valence electrons. The Labute approximate surface area is 121 Å². The third-order valence-electron chi connectivity index (χ3n) is 3.42. The van der Waals surface area contributed by atoms with Crippen LogP contribution in [0.25, 0.3) is 0 Å². The van der Waals surface area contributed by atoms with Gasteiger partial charge in [-0.2, -0.15) is 0 Å². The lowest BCUT2D eigenvalue weighted by Gasteiger charge is -2.26. The van der Waals surface area contributed by atoms with Gasteiger partial charge in [-0.1, -0.05) is 25.8 Å². The van der Waals surface area contributed by atoms with Gasteiger partial charge in [0.05, 0.1) is 0 Å². The molecular weight excluding hydrogens is 308 g/mol. The average molecular weight is 327 g/mol. The summed E-state index contributed by atoms with van der Waals surface area (Å²) >= 11 is 5.54. The predicted molar refractivity (Wildman–Crippen MR) is 82.4 cm³/mol. The van der Waals surface area contributed by atoms with E-state index in [1.807, 2.05) is 23.9 Å². The highest BCUT2D eigenvalue weighted by molar-refractivity contribution is 9.10.